The van der Waals surface area contributed by atoms with Gasteiger partial charge in [0.15, 0.2) is 0 Å². The van der Waals surface area contributed by atoms with Crippen LogP contribution in [0.4, 0.5) is 0 Å². The molecule has 0 saturated carbocycles. The van der Waals surface area contributed by atoms with Gasteiger partial charge in [0.2, 0.25) is 0 Å². The number of benzene rings is 1. The molecule has 1 unspecified atom stereocenters. The molecule has 3 rings (SSSR count). The first kappa shape index (κ1) is 12.5. The van der Waals surface area contributed by atoms with Crippen LogP contribution < -0.4 is 0 Å². The molecule has 0 spiro atoms. The van der Waals surface area contributed by atoms with E-state index >= 15 is 0 Å². The number of thiazole rings is 2. The highest BCUT2D eigenvalue weighted by Gasteiger charge is 2.14. The first-order valence-corrected chi connectivity index (χ1v) is 7.66. The Kier molecular flexibility index (Phi) is 3.68. The van der Waals surface area contributed by atoms with Crippen molar-refractivity contribution < 1.29 is 5.11 Å². The predicted octanol–water partition coefficient (Wildman–Crippen LogP) is 3.54. The Bertz CT molecular complexity index is 635. The molecule has 0 radical (unpaired) electrons. The molecule has 0 fully saturated rings. The lowest BCUT2D eigenvalue weighted by atomic mass is 10.2. The van der Waals surface area contributed by atoms with Crippen molar-refractivity contribution in [3.63, 3.8) is 0 Å². The third-order valence-corrected chi connectivity index (χ3v) is 4.47. The van der Waals surface area contributed by atoms with Gasteiger partial charge in [-0.15, -0.1) is 22.7 Å². The fraction of sp³-hybridized carbons (Fsp3) is 0.143. The summed E-state index contributed by atoms with van der Waals surface area (Å²) in [6, 6.07) is 10.1. The molecule has 0 amide bonds. The Balaban J connectivity index is 1.75. The fourth-order valence-corrected chi connectivity index (χ4v) is 3.26. The summed E-state index contributed by atoms with van der Waals surface area (Å²) in [6.45, 7) is 0. The van der Waals surface area contributed by atoms with Gasteiger partial charge in [-0.2, -0.15) is 0 Å². The summed E-state index contributed by atoms with van der Waals surface area (Å²) in [5.74, 6) is 0. The minimum atomic E-state index is -0.560. The topological polar surface area (TPSA) is 46.0 Å². The maximum Gasteiger partial charge on any atom is 0.122 e. The minimum Gasteiger partial charge on any atom is -0.385 e. The van der Waals surface area contributed by atoms with Gasteiger partial charge in [0.1, 0.15) is 11.1 Å². The smallest absolute Gasteiger partial charge is 0.122 e. The average molecular weight is 288 g/mol. The van der Waals surface area contributed by atoms with Crippen molar-refractivity contribution in [1.82, 2.24) is 9.97 Å². The summed E-state index contributed by atoms with van der Waals surface area (Å²) in [5, 5.41) is 15.6. The van der Waals surface area contributed by atoms with Crippen LogP contribution in [0.25, 0.3) is 11.3 Å². The molecule has 96 valence electrons. The average Bonchev–Trinajstić information content (AvgIpc) is 3.11. The summed E-state index contributed by atoms with van der Waals surface area (Å²) in [7, 11) is 0. The second-order valence-electron chi connectivity index (χ2n) is 4.08. The summed E-state index contributed by atoms with van der Waals surface area (Å²) in [5.41, 5.74) is 2.07. The normalized spacial score (nSPS) is 12.5. The molecule has 3 nitrogen and oxygen atoms in total. The number of nitrogens with zero attached hydrogens (tertiary/aromatic N) is 2. The van der Waals surface area contributed by atoms with E-state index in [9.17, 15) is 5.11 Å². The molecule has 2 aromatic heterocycles. The molecule has 1 aromatic carbocycles. The molecule has 3 aromatic rings. The van der Waals surface area contributed by atoms with E-state index in [-0.39, 0.29) is 0 Å². The molecule has 5 heteroatoms. The molecular weight excluding hydrogens is 276 g/mol. The van der Waals surface area contributed by atoms with Crippen LogP contribution in [0.5, 0.6) is 0 Å². The van der Waals surface area contributed by atoms with Crippen LogP contribution in [-0.2, 0) is 6.42 Å². The highest BCUT2D eigenvalue weighted by atomic mass is 32.1. The van der Waals surface area contributed by atoms with Crippen molar-refractivity contribution >= 4 is 22.7 Å². The van der Waals surface area contributed by atoms with E-state index in [1.54, 1.807) is 17.5 Å². The first-order chi connectivity index (χ1) is 9.33. The maximum absolute atomic E-state index is 10.1. The van der Waals surface area contributed by atoms with Gasteiger partial charge in [-0.25, -0.2) is 9.97 Å². The Labute approximate surface area is 119 Å². The van der Waals surface area contributed by atoms with Crippen LogP contribution in [0.2, 0.25) is 0 Å². The van der Waals surface area contributed by atoms with Crippen molar-refractivity contribution in [2.45, 2.75) is 12.5 Å². The molecule has 0 bridgehead atoms. The second-order valence-corrected chi connectivity index (χ2v) is 5.95. The summed E-state index contributed by atoms with van der Waals surface area (Å²) < 4.78 is 0. The molecule has 0 aliphatic rings. The van der Waals surface area contributed by atoms with Crippen molar-refractivity contribution in [2.24, 2.45) is 0 Å². The molecular formula is C14H12N2OS2. The van der Waals surface area contributed by atoms with Gasteiger partial charge in [-0.05, 0) is 0 Å². The van der Waals surface area contributed by atoms with Crippen LogP contribution >= 0.6 is 22.7 Å². The number of hydrogen-bond donors (Lipinski definition) is 1. The van der Waals surface area contributed by atoms with E-state index in [4.69, 9.17) is 0 Å². The lowest BCUT2D eigenvalue weighted by molar-refractivity contribution is 0.178. The number of hydrogen-bond acceptors (Lipinski definition) is 5. The van der Waals surface area contributed by atoms with Gasteiger partial charge < -0.3 is 5.11 Å². The molecule has 1 atom stereocenters. The quantitative estimate of drug-likeness (QED) is 0.798. The van der Waals surface area contributed by atoms with Gasteiger partial charge >= 0.3 is 0 Å². The van der Waals surface area contributed by atoms with E-state index in [2.05, 4.69) is 9.97 Å². The number of aliphatic hydroxyl groups excluding tert-OH is 1. The second kappa shape index (κ2) is 5.61. The van der Waals surface area contributed by atoms with Gasteiger partial charge in [-0.3, -0.25) is 0 Å². The van der Waals surface area contributed by atoms with Crippen LogP contribution in [0.15, 0.2) is 47.3 Å². The Morgan fingerprint density at radius 3 is 2.74 bits per heavy atom. The first-order valence-electron chi connectivity index (χ1n) is 5.90. The molecule has 0 aliphatic heterocycles. The van der Waals surface area contributed by atoms with Crippen LogP contribution in [0.1, 0.15) is 16.1 Å². The molecule has 19 heavy (non-hydrogen) atoms. The van der Waals surface area contributed by atoms with Crippen LogP contribution in [-0.4, -0.2) is 15.1 Å². The van der Waals surface area contributed by atoms with E-state index in [0.29, 0.717) is 6.42 Å². The van der Waals surface area contributed by atoms with Gasteiger partial charge in [-0.1, -0.05) is 30.3 Å². The Morgan fingerprint density at radius 2 is 2.00 bits per heavy atom. The molecule has 2 heterocycles. The Hall–Kier alpha value is -1.56. The Morgan fingerprint density at radius 1 is 1.16 bits per heavy atom. The summed E-state index contributed by atoms with van der Waals surface area (Å²) in [4.78, 5) is 8.69. The predicted molar refractivity (Wildman–Crippen MR) is 78.3 cm³/mol. The lowest BCUT2D eigenvalue weighted by Gasteiger charge is -2.03. The van der Waals surface area contributed by atoms with E-state index in [1.807, 2.05) is 41.1 Å². The summed E-state index contributed by atoms with van der Waals surface area (Å²) in [6.07, 6.45) is 1.67. The van der Waals surface area contributed by atoms with Crippen LogP contribution in [0.3, 0.4) is 0 Å². The third kappa shape index (κ3) is 2.89. The standard InChI is InChI=1S/C14H12N2OS2/c17-12(14-15-6-7-18-14)8-13-16-11(9-19-13)10-4-2-1-3-5-10/h1-7,9,12,17H,8H2. The van der Waals surface area contributed by atoms with Crippen molar-refractivity contribution in [2.75, 3.05) is 0 Å². The minimum absolute atomic E-state index is 0.519. The SMILES string of the molecule is OC(Cc1nc(-c2ccccc2)cs1)c1nccs1. The molecule has 1 N–H and O–H groups in total. The highest BCUT2D eigenvalue weighted by Crippen LogP contribution is 2.26. The fourth-order valence-electron chi connectivity index (χ4n) is 1.80. The number of rotatable bonds is 4. The third-order valence-electron chi connectivity index (χ3n) is 2.73. The zero-order valence-electron chi connectivity index (χ0n) is 10.1. The highest BCUT2D eigenvalue weighted by molar-refractivity contribution is 7.10. The van der Waals surface area contributed by atoms with Gasteiger partial charge in [0, 0.05) is 28.9 Å². The van der Waals surface area contributed by atoms with Crippen molar-refractivity contribution in [3.8, 4) is 11.3 Å². The van der Waals surface area contributed by atoms with Crippen molar-refractivity contribution in [1.29, 1.82) is 0 Å². The zero-order valence-corrected chi connectivity index (χ0v) is 11.7. The maximum atomic E-state index is 10.1. The van der Waals surface area contributed by atoms with Crippen molar-refractivity contribution in [3.05, 3.63) is 57.3 Å². The largest absolute Gasteiger partial charge is 0.385 e. The number of aromatic nitrogens is 2. The molecule has 0 saturated heterocycles. The zero-order chi connectivity index (χ0) is 13.1. The van der Waals surface area contributed by atoms with Gasteiger partial charge in [0.05, 0.1) is 10.7 Å². The summed E-state index contributed by atoms with van der Waals surface area (Å²) >= 11 is 3.04. The number of aliphatic hydroxyl groups is 1. The van der Waals surface area contributed by atoms with E-state index < -0.39 is 6.10 Å². The monoisotopic (exact) mass is 288 g/mol. The lowest BCUT2D eigenvalue weighted by Crippen LogP contribution is -2.00. The van der Waals surface area contributed by atoms with Gasteiger partial charge in [0.25, 0.3) is 0 Å². The molecule has 0 aliphatic carbocycles. The van der Waals surface area contributed by atoms with E-state index in [1.165, 1.54) is 11.3 Å². The van der Waals surface area contributed by atoms with Crippen LogP contribution in [0, 0.1) is 0 Å². The van der Waals surface area contributed by atoms with E-state index in [0.717, 1.165) is 21.3 Å².